The fourth-order valence-corrected chi connectivity index (χ4v) is 2.00. The van der Waals surface area contributed by atoms with E-state index in [1.54, 1.807) is 30.1 Å². The van der Waals surface area contributed by atoms with Crippen LogP contribution in [0.1, 0.15) is 19.4 Å². The van der Waals surface area contributed by atoms with Gasteiger partial charge in [0.25, 0.3) is 0 Å². The molecule has 0 heterocycles. The fraction of sp³-hybridized carbons (Fsp3) is 0.333. The van der Waals surface area contributed by atoms with Crippen molar-refractivity contribution in [2.75, 3.05) is 11.9 Å². The first-order valence-corrected chi connectivity index (χ1v) is 5.74. The number of benzene rings is 1. The first kappa shape index (κ1) is 12.7. The summed E-state index contributed by atoms with van der Waals surface area (Å²) in [4.78, 5) is 13.4. The largest absolute Gasteiger partial charge is 0.314 e. The Bertz CT molecular complexity index is 449. The first-order chi connectivity index (χ1) is 7.47. The number of hydrogen-bond donors (Lipinski definition) is 0. The molecule has 84 valence electrons. The van der Waals surface area contributed by atoms with Crippen molar-refractivity contribution in [3.63, 3.8) is 0 Å². The lowest BCUT2D eigenvalue weighted by Crippen LogP contribution is -2.30. The molecule has 1 aromatic carbocycles. The van der Waals surface area contributed by atoms with Gasteiger partial charge >= 0.3 is 0 Å². The Kier molecular flexibility index (Phi) is 4.08. The molecule has 0 bridgehead atoms. The van der Waals surface area contributed by atoms with Gasteiger partial charge in [0.15, 0.2) is 0 Å². The molecule has 4 heteroatoms. The van der Waals surface area contributed by atoms with E-state index in [2.05, 4.69) is 22.0 Å². The van der Waals surface area contributed by atoms with Gasteiger partial charge in [-0.25, -0.2) is 0 Å². The Labute approximate surface area is 104 Å². The van der Waals surface area contributed by atoms with Gasteiger partial charge in [0.05, 0.1) is 17.3 Å². The van der Waals surface area contributed by atoms with Crippen molar-refractivity contribution in [2.24, 2.45) is 5.92 Å². The van der Waals surface area contributed by atoms with E-state index in [0.717, 1.165) is 10.2 Å². The zero-order valence-corrected chi connectivity index (χ0v) is 11.1. The van der Waals surface area contributed by atoms with E-state index in [-0.39, 0.29) is 11.8 Å². The van der Waals surface area contributed by atoms with Gasteiger partial charge in [-0.2, -0.15) is 5.26 Å². The zero-order valence-electron chi connectivity index (χ0n) is 9.49. The van der Waals surface area contributed by atoms with Crippen LogP contribution < -0.4 is 4.90 Å². The number of nitrogens with zero attached hydrogens (tertiary/aromatic N) is 2. The van der Waals surface area contributed by atoms with Gasteiger partial charge in [0, 0.05) is 17.4 Å². The average molecular weight is 281 g/mol. The molecular weight excluding hydrogens is 268 g/mol. The van der Waals surface area contributed by atoms with Crippen molar-refractivity contribution in [1.29, 1.82) is 5.26 Å². The highest BCUT2D eigenvalue weighted by Gasteiger charge is 2.16. The van der Waals surface area contributed by atoms with Crippen molar-refractivity contribution < 1.29 is 4.79 Å². The fourth-order valence-electron chi connectivity index (χ4n) is 1.35. The molecule has 0 spiro atoms. The molecular formula is C12H13BrN2O. The first-order valence-electron chi connectivity index (χ1n) is 4.94. The van der Waals surface area contributed by atoms with Crippen LogP contribution in [0.4, 0.5) is 5.69 Å². The van der Waals surface area contributed by atoms with Crippen molar-refractivity contribution in [3.05, 3.63) is 28.2 Å². The minimum Gasteiger partial charge on any atom is -0.314 e. The quantitative estimate of drug-likeness (QED) is 0.836. The van der Waals surface area contributed by atoms with Crippen LogP contribution in [-0.4, -0.2) is 13.0 Å². The average Bonchev–Trinajstić information content (AvgIpc) is 2.26. The second-order valence-electron chi connectivity index (χ2n) is 3.83. The standard InChI is InChI=1S/C12H13BrN2O/c1-8(2)12(16)15(3)11-5-4-9(7-14)6-10(11)13/h4-6,8H,1-3H3. The van der Waals surface area contributed by atoms with Gasteiger partial charge in [-0.05, 0) is 34.1 Å². The number of nitriles is 1. The van der Waals surface area contributed by atoms with Crippen molar-refractivity contribution in [2.45, 2.75) is 13.8 Å². The number of hydrogen-bond acceptors (Lipinski definition) is 2. The number of carbonyl (C=O) groups is 1. The van der Waals surface area contributed by atoms with Crippen molar-refractivity contribution in [3.8, 4) is 6.07 Å². The summed E-state index contributed by atoms with van der Waals surface area (Å²) in [6.45, 7) is 3.72. The molecule has 0 aliphatic carbocycles. The maximum absolute atomic E-state index is 11.8. The van der Waals surface area contributed by atoms with Crippen LogP contribution >= 0.6 is 15.9 Å². The predicted octanol–water partition coefficient (Wildman–Crippen LogP) is 2.94. The third kappa shape index (κ3) is 2.61. The summed E-state index contributed by atoms with van der Waals surface area (Å²) in [5.74, 6) is -0.00190. The molecule has 16 heavy (non-hydrogen) atoms. The highest BCUT2D eigenvalue weighted by atomic mass is 79.9. The summed E-state index contributed by atoms with van der Waals surface area (Å²) in [6, 6.07) is 7.23. The Morgan fingerprint density at radius 3 is 2.56 bits per heavy atom. The molecule has 0 fully saturated rings. The van der Waals surface area contributed by atoms with Gasteiger partial charge in [-0.1, -0.05) is 13.8 Å². The summed E-state index contributed by atoms with van der Waals surface area (Å²) in [5, 5.41) is 8.74. The third-order valence-corrected chi connectivity index (χ3v) is 2.90. The minimum atomic E-state index is -0.0486. The molecule has 0 aliphatic rings. The molecule has 1 rings (SSSR count). The maximum Gasteiger partial charge on any atom is 0.229 e. The van der Waals surface area contributed by atoms with Crippen LogP contribution in [0.3, 0.4) is 0 Å². The lowest BCUT2D eigenvalue weighted by molar-refractivity contribution is -0.121. The van der Waals surface area contributed by atoms with Gasteiger partial charge in [0.1, 0.15) is 0 Å². The van der Waals surface area contributed by atoms with E-state index in [1.165, 1.54) is 0 Å². The smallest absolute Gasteiger partial charge is 0.229 e. The van der Waals surface area contributed by atoms with Crippen LogP contribution in [0.5, 0.6) is 0 Å². The molecule has 1 amide bonds. The Balaban J connectivity index is 3.06. The second-order valence-corrected chi connectivity index (χ2v) is 4.68. The van der Waals surface area contributed by atoms with Crippen LogP contribution in [0, 0.1) is 17.2 Å². The minimum absolute atomic E-state index is 0.0467. The molecule has 3 nitrogen and oxygen atoms in total. The summed E-state index contributed by atoms with van der Waals surface area (Å²) >= 11 is 3.36. The SMILES string of the molecule is CC(C)C(=O)N(C)c1ccc(C#N)cc1Br. The normalized spacial score (nSPS) is 10.0. The highest BCUT2D eigenvalue weighted by molar-refractivity contribution is 9.10. The summed E-state index contributed by atoms with van der Waals surface area (Å²) in [7, 11) is 1.73. The lowest BCUT2D eigenvalue weighted by atomic mass is 10.1. The second kappa shape index (κ2) is 5.13. The third-order valence-electron chi connectivity index (χ3n) is 2.26. The Morgan fingerprint density at radius 2 is 2.12 bits per heavy atom. The van der Waals surface area contributed by atoms with E-state index in [0.29, 0.717) is 5.56 Å². The number of amides is 1. The maximum atomic E-state index is 11.8. The monoisotopic (exact) mass is 280 g/mol. The van der Waals surface area contributed by atoms with Crippen LogP contribution in [0.2, 0.25) is 0 Å². The van der Waals surface area contributed by atoms with E-state index >= 15 is 0 Å². The van der Waals surface area contributed by atoms with Gasteiger partial charge in [0.2, 0.25) is 5.91 Å². The molecule has 0 saturated heterocycles. The topological polar surface area (TPSA) is 44.1 Å². The van der Waals surface area contributed by atoms with Crippen molar-refractivity contribution in [1.82, 2.24) is 0 Å². The van der Waals surface area contributed by atoms with E-state index in [9.17, 15) is 4.79 Å². The van der Waals surface area contributed by atoms with Crippen LogP contribution in [0.15, 0.2) is 22.7 Å². The molecule has 0 atom stereocenters. The Morgan fingerprint density at radius 1 is 1.50 bits per heavy atom. The summed E-state index contributed by atoms with van der Waals surface area (Å²) < 4.78 is 0.753. The van der Waals surface area contributed by atoms with Crippen LogP contribution in [-0.2, 0) is 4.79 Å². The van der Waals surface area contributed by atoms with Crippen molar-refractivity contribution >= 4 is 27.5 Å². The van der Waals surface area contributed by atoms with Gasteiger partial charge in [-0.15, -0.1) is 0 Å². The van der Waals surface area contributed by atoms with Gasteiger partial charge in [-0.3, -0.25) is 4.79 Å². The van der Waals surface area contributed by atoms with Gasteiger partial charge < -0.3 is 4.90 Å². The summed E-state index contributed by atoms with van der Waals surface area (Å²) in [5.41, 5.74) is 1.35. The molecule has 0 saturated carbocycles. The molecule has 0 radical (unpaired) electrons. The molecule has 0 aromatic heterocycles. The summed E-state index contributed by atoms with van der Waals surface area (Å²) in [6.07, 6.45) is 0. The Hall–Kier alpha value is -1.34. The van der Waals surface area contributed by atoms with Crippen LogP contribution in [0.25, 0.3) is 0 Å². The number of rotatable bonds is 2. The number of carbonyl (C=O) groups excluding carboxylic acids is 1. The predicted molar refractivity (Wildman–Crippen MR) is 67.1 cm³/mol. The molecule has 0 unspecified atom stereocenters. The highest BCUT2D eigenvalue weighted by Crippen LogP contribution is 2.27. The van der Waals surface area contributed by atoms with E-state index in [4.69, 9.17) is 5.26 Å². The van der Waals surface area contributed by atoms with E-state index in [1.807, 2.05) is 13.8 Å². The molecule has 1 aromatic rings. The van der Waals surface area contributed by atoms with E-state index < -0.39 is 0 Å². The number of anilines is 1. The number of halogens is 1. The lowest BCUT2D eigenvalue weighted by Gasteiger charge is -2.20. The molecule has 0 aliphatic heterocycles. The molecule has 0 N–H and O–H groups in total. The zero-order chi connectivity index (χ0) is 12.3.